The van der Waals surface area contributed by atoms with Gasteiger partial charge in [0, 0.05) is 19.3 Å². The first-order valence-corrected chi connectivity index (χ1v) is 8.00. The number of sulfone groups is 1. The lowest BCUT2D eigenvalue weighted by Gasteiger charge is -2.23. The second kappa shape index (κ2) is 5.60. The van der Waals surface area contributed by atoms with Crippen molar-refractivity contribution in [1.82, 2.24) is 15.1 Å². The van der Waals surface area contributed by atoms with Crippen LogP contribution in [0.15, 0.2) is 12.4 Å². The zero-order valence-corrected chi connectivity index (χ0v) is 11.6. The summed E-state index contributed by atoms with van der Waals surface area (Å²) in [4.78, 5) is 11.2. The zero-order chi connectivity index (χ0) is 13.9. The van der Waals surface area contributed by atoms with Gasteiger partial charge in [0.25, 0.3) is 0 Å². The molecule has 0 spiro atoms. The number of nitrogens with one attached hydrogen (secondary N) is 2. The minimum atomic E-state index is -2.84. The van der Waals surface area contributed by atoms with Gasteiger partial charge in [-0.1, -0.05) is 0 Å². The molecule has 1 aliphatic rings. The normalized spacial score (nSPS) is 19.0. The van der Waals surface area contributed by atoms with E-state index in [-0.39, 0.29) is 30.0 Å². The predicted octanol–water partition coefficient (Wildman–Crippen LogP) is -0.382. The average molecular weight is 286 g/mol. The summed E-state index contributed by atoms with van der Waals surface area (Å²) < 4.78 is 24.2. The van der Waals surface area contributed by atoms with Crippen molar-refractivity contribution < 1.29 is 13.2 Å². The fourth-order valence-electron chi connectivity index (χ4n) is 2.02. The molecule has 1 saturated heterocycles. The van der Waals surface area contributed by atoms with E-state index in [9.17, 15) is 13.2 Å². The lowest BCUT2D eigenvalue weighted by molar-refractivity contribution is -0.121. The highest BCUT2D eigenvalue weighted by Gasteiger charge is 2.23. The first-order valence-electron chi connectivity index (χ1n) is 6.18. The number of carbonyl (C=O) groups excluding carboxylic acids is 1. The van der Waals surface area contributed by atoms with Crippen LogP contribution in [0, 0.1) is 0 Å². The van der Waals surface area contributed by atoms with Gasteiger partial charge >= 0.3 is 0 Å². The Morgan fingerprint density at radius 2 is 2.16 bits per heavy atom. The van der Waals surface area contributed by atoms with Crippen molar-refractivity contribution >= 4 is 21.4 Å². The summed E-state index contributed by atoms with van der Waals surface area (Å²) in [5, 5.41) is 9.85. The molecule has 19 heavy (non-hydrogen) atoms. The van der Waals surface area contributed by atoms with Gasteiger partial charge in [-0.3, -0.25) is 9.48 Å². The number of rotatable bonds is 4. The maximum Gasteiger partial charge on any atom is 0.241 e. The standard InChI is InChI=1S/C11H18N4O3S/c1-12-11(16)8-15-7-10(6-13-15)14-9-2-4-19(17,18)5-3-9/h6-7,9,14H,2-5,8H2,1H3,(H,12,16). The fraction of sp³-hybridized carbons (Fsp3) is 0.636. The molecule has 0 aliphatic carbocycles. The van der Waals surface area contributed by atoms with Crippen LogP contribution < -0.4 is 10.6 Å². The molecular formula is C11H18N4O3S. The summed E-state index contributed by atoms with van der Waals surface area (Å²) in [6, 6.07) is 0.154. The minimum Gasteiger partial charge on any atom is -0.380 e. The Kier molecular flexibility index (Phi) is 4.08. The van der Waals surface area contributed by atoms with Crippen LogP contribution in [-0.4, -0.2) is 48.7 Å². The van der Waals surface area contributed by atoms with E-state index in [0.717, 1.165) is 5.69 Å². The van der Waals surface area contributed by atoms with Gasteiger partial charge < -0.3 is 10.6 Å². The van der Waals surface area contributed by atoms with Gasteiger partial charge in [-0.2, -0.15) is 5.10 Å². The molecule has 2 heterocycles. The maximum absolute atomic E-state index is 11.3. The number of anilines is 1. The van der Waals surface area contributed by atoms with E-state index in [1.807, 2.05) is 0 Å². The third-order valence-corrected chi connectivity index (χ3v) is 4.86. The Morgan fingerprint density at radius 3 is 2.79 bits per heavy atom. The average Bonchev–Trinajstić information content (AvgIpc) is 2.79. The monoisotopic (exact) mass is 286 g/mol. The molecule has 1 fully saturated rings. The Labute approximate surface area is 112 Å². The van der Waals surface area contributed by atoms with Crippen molar-refractivity contribution in [2.24, 2.45) is 0 Å². The van der Waals surface area contributed by atoms with Crippen molar-refractivity contribution in [3.63, 3.8) is 0 Å². The van der Waals surface area contributed by atoms with Crippen LogP contribution in [0.5, 0.6) is 0 Å². The maximum atomic E-state index is 11.3. The summed E-state index contributed by atoms with van der Waals surface area (Å²) in [7, 11) is -1.26. The topological polar surface area (TPSA) is 93.1 Å². The number of likely N-dealkylation sites (N-methyl/N-ethyl adjacent to an activating group) is 1. The lowest BCUT2D eigenvalue weighted by Crippen LogP contribution is -2.32. The zero-order valence-electron chi connectivity index (χ0n) is 10.8. The predicted molar refractivity (Wildman–Crippen MR) is 71.6 cm³/mol. The van der Waals surface area contributed by atoms with E-state index in [0.29, 0.717) is 12.8 Å². The number of hydrogen-bond acceptors (Lipinski definition) is 5. The molecule has 8 heteroatoms. The van der Waals surface area contributed by atoms with E-state index >= 15 is 0 Å². The molecule has 0 unspecified atom stereocenters. The largest absolute Gasteiger partial charge is 0.380 e. The first-order chi connectivity index (χ1) is 8.98. The summed E-state index contributed by atoms with van der Waals surface area (Å²) >= 11 is 0. The van der Waals surface area contributed by atoms with Crippen LogP contribution >= 0.6 is 0 Å². The van der Waals surface area contributed by atoms with Gasteiger partial charge in [0.05, 0.1) is 23.4 Å². The molecule has 1 aromatic rings. The van der Waals surface area contributed by atoms with E-state index in [1.165, 1.54) is 0 Å². The van der Waals surface area contributed by atoms with Crippen molar-refractivity contribution in [3.8, 4) is 0 Å². The highest BCUT2D eigenvalue weighted by molar-refractivity contribution is 7.91. The van der Waals surface area contributed by atoms with Gasteiger partial charge in [-0.15, -0.1) is 0 Å². The summed E-state index contributed by atoms with van der Waals surface area (Å²) in [5.41, 5.74) is 0.813. The lowest BCUT2D eigenvalue weighted by atomic mass is 10.1. The van der Waals surface area contributed by atoms with Gasteiger partial charge in [0.2, 0.25) is 5.91 Å². The van der Waals surface area contributed by atoms with Gasteiger partial charge in [0.15, 0.2) is 0 Å². The third kappa shape index (κ3) is 3.95. The quantitative estimate of drug-likeness (QED) is 0.787. The molecule has 0 radical (unpaired) electrons. The second-order valence-corrected chi connectivity index (χ2v) is 6.97. The number of amides is 1. The van der Waals surface area contributed by atoms with E-state index in [2.05, 4.69) is 15.7 Å². The molecule has 0 bridgehead atoms. The Balaban J connectivity index is 1.88. The molecule has 1 aliphatic heterocycles. The third-order valence-electron chi connectivity index (χ3n) is 3.14. The van der Waals surface area contributed by atoms with E-state index in [1.54, 1.807) is 24.1 Å². The highest BCUT2D eigenvalue weighted by atomic mass is 32.2. The number of aromatic nitrogens is 2. The van der Waals surface area contributed by atoms with Gasteiger partial charge in [-0.05, 0) is 12.8 Å². The molecule has 2 N–H and O–H groups in total. The van der Waals surface area contributed by atoms with Crippen LogP contribution in [0.1, 0.15) is 12.8 Å². The minimum absolute atomic E-state index is 0.113. The van der Waals surface area contributed by atoms with Crippen molar-refractivity contribution in [3.05, 3.63) is 12.4 Å². The Bertz CT molecular complexity index is 538. The molecule has 1 amide bonds. The summed E-state index contributed by atoms with van der Waals surface area (Å²) in [5.74, 6) is 0.354. The summed E-state index contributed by atoms with van der Waals surface area (Å²) in [6.45, 7) is 0.178. The summed E-state index contributed by atoms with van der Waals surface area (Å²) in [6.07, 6.45) is 4.62. The molecular weight excluding hydrogens is 268 g/mol. The van der Waals surface area contributed by atoms with Crippen molar-refractivity contribution in [1.29, 1.82) is 0 Å². The van der Waals surface area contributed by atoms with Crippen LogP contribution in [0.4, 0.5) is 5.69 Å². The number of carbonyl (C=O) groups is 1. The number of nitrogens with zero attached hydrogens (tertiary/aromatic N) is 2. The SMILES string of the molecule is CNC(=O)Cn1cc(NC2CCS(=O)(=O)CC2)cn1. The molecule has 7 nitrogen and oxygen atoms in total. The van der Waals surface area contributed by atoms with E-state index < -0.39 is 9.84 Å². The molecule has 1 aromatic heterocycles. The smallest absolute Gasteiger partial charge is 0.241 e. The Hall–Kier alpha value is -1.57. The number of hydrogen-bond donors (Lipinski definition) is 2. The first kappa shape index (κ1) is 13.9. The molecule has 0 aromatic carbocycles. The van der Waals surface area contributed by atoms with E-state index in [4.69, 9.17) is 0 Å². The van der Waals surface area contributed by atoms with Crippen LogP contribution in [-0.2, 0) is 21.2 Å². The molecule has 106 valence electrons. The Morgan fingerprint density at radius 1 is 1.47 bits per heavy atom. The molecule has 0 saturated carbocycles. The highest BCUT2D eigenvalue weighted by Crippen LogP contribution is 2.17. The van der Waals surface area contributed by atoms with Crippen molar-refractivity contribution in [2.75, 3.05) is 23.9 Å². The van der Waals surface area contributed by atoms with Crippen LogP contribution in [0.2, 0.25) is 0 Å². The van der Waals surface area contributed by atoms with Crippen LogP contribution in [0.25, 0.3) is 0 Å². The van der Waals surface area contributed by atoms with Crippen molar-refractivity contribution in [2.45, 2.75) is 25.4 Å². The second-order valence-electron chi connectivity index (χ2n) is 4.67. The fourth-order valence-corrected chi connectivity index (χ4v) is 3.51. The van der Waals surface area contributed by atoms with Gasteiger partial charge in [-0.25, -0.2) is 8.42 Å². The molecule has 2 rings (SSSR count). The molecule has 0 atom stereocenters. The van der Waals surface area contributed by atoms with Crippen LogP contribution in [0.3, 0.4) is 0 Å². The van der Waals surface area contributed by atoms with Gasteiger partial charge in [0.1, 0.15) is 16.4 Å².